The van der Waals surface area contributed by atoms with Crippen LogP contribution in [0.2, 0.25) is 0 Å². The normalized spacial score (nSPS) is 24.0. The lowest BCUT2D eigenvalue weighted by molar-refractivity contribution is 0.198. The summed E-state index contributed by atoms with van der Waals surface area (Å²) < 4.78 is 0. The van der Waals surface area contributed by atoms with Crippen LogP contribution in [0.3, 0.4) is 0 Å². The van der Waals surface area contributed by atoms with Crippen LogP contribution < -0.4 is 11.0 Å². The number of piperazine rings is 1. The van der Waals surface area contributed by atoms with Crippen LogP contribution in [0, 0.1) is 6.92 Å². The second-order valence-corrected chi connectivity index (χ2v) is 3.82. The molecule has 2 rings (SSSR count). The Morgan fingerprint density at radius 3 is 2.79 bits per heavy atom. The van der Waals surface area contributed by atoms with E-state index >= 15 is 0 Å². The molecule has 1 aliphatic rings. The Labute approximate surface area is 82.5 Å². The van der Waals surface area contributed by atoms with Gasteiger partial charge in [0.05, 0.1) is 11.7 Å². The quantitative estimate of drug-likeness (QED) is 0.572. The molecule has 1 fully saturated rings. The van der Waals surface area contributed by atoms with Gasteiger partial charge in [-0.1, -0.05) is 0 Å². The lowest BCUT2D eigenvalue weighted by Crippen LogP contribution is -2.44. The van der Waals surface area contributed by atoms with Crippen LogP contribution >= 0.6 is 0 Å². The molecule has 78 valence electrons. The molecule has 5 nitrogen and oxygen atoms in total. The molecular formula is C9H16N4O. The number of hydrogen-bond acceptors (Lipinski definition) is 3. The molecule has 3 N–H and O–H groups in total. The first-order chi connectivity index (χ1) is 6.68. The first kappa shape index (κ1) is 9.48. The number of nitrogens with zero attached hydrogens (tertiary/aromatic N) is 1. The molecule has 0 saturated carbocycles. The fourth-order valence-corrected chi connectivity index (χ4v) is 1.95. The Balaban J connectivity index is 2.28. The fraction of sp³-hybridized carbons (Fsp3) is 0.667. The third kappa shape index (κ3) is 1.60. The summed E-state index contributed by atoms with van der Waals surface area (Å²) in [4.78, 5) is 19.0. The summed E-state index contributed by atoms with van der Waals surface area (Å²) in [5, 5.41) is 3.32. The summed E-state index contributed by atoms with van der Waals surface area (Å²) in [7, 11) is 2.08. The smallest absolute Gasteiger partial charge is 0.313 e. The number of H-pyrrole nitrogens is 2. The SMILES string of the molecule is Cc1[nH]c(=O)[nH]c1C1CNCCN1C. The topological polar surface area (TPSA) is 63.9 Å². The maximum Gasteiger partial charge on any atom is 0.323 e. The number of hydrogen-bond donors (Lipinski definition) is 3. The van der Waals surface area contributed by atoms with E-state index in [0.29, 0.717) is 0 Å². The molecule has 1 aliphatic heterocycles. The van der Waals surface area contributed by atoms with Crippen molar-refractivity contribution in [3.63, 3.8) is 0 Å². The zero-order chi connectivity index (χ0) is 10.1. The minimum absolute atomic E-state index is 0.114. The van der Waals surface area contributed by atoms with Crippen LogP contribution in [0.25, 0.3) is 0 Å². The molecule has 0 amide bonds. The Morgan fingerprint density at radius 1 is 1.43 bits per heavy atom. The monoisotopic (exact) mass is 196 g/mol. The zero-order valence-electron chi connectivity index (χ0n) is 8.55. The van der Waals surface area contributed by atoms with E-state index in [1.807, 2.05) is 6.92 Å². The van der Waals surface area contributed by atoms with E-state index in [0.717, 1.165) is 31.0 Å². The van der Waals surface area contributed by atoms with Gasteiger partial charge in [-0.3, -0.25) is 4.90 Å². The molecule has 1 aromatic rings. The third-order valence-electron chi connectivity index (χ3n) is 2.80. The number of imidazole rings is 1. The Morgan fingerprint density at radius 2 is 2.21 bits per heavy atom. The molecule has 1 aromatic heterocycles. The predicted molar refractivity (Wildman–Crippen MR) is 54.4 cm³/mol. The first-order valence-corrected chi connectivity index (χ1v) is 4.88. The molecule has 0 radical (unpaired) electrons. The van der Waals surface area contributed by atoms with Crippen LogP contribution in [-0.4, -0.2) is 41.5 Å². The second-order valence-electron chi connectivity index (χ2n) is 3.82. The van der Waals surface area contributed by atoms with Crippen molar-refractivity contribution in [1.82, 2.24) is 20.2 Å². The number of aryl methyl sites for hydroxylation is 1. The van der Waals surface area contributed by atoms with Crippen molar-refractivity contribution in [3.05, 3.63) is 21.9 Å². The molecule has 0 bridgehead atoms. The van der Waals surface area contributed by atoms with Gasteiger partial charge in [0.15, 0.2) is 0 Å². The minimum Gasteiger partial charge on any atom is -0.313 e. The minimum atomic E-state index is -0.114. The van der Waals surface area contributed by atoms with Crippen molar-refractivity contribution in [2.45, 2.75) is 13.0 Å². The molecule has 1 unspecified atom stereocenters. The van der Waals surface area contributed by atoms with Gasteiger partial charge in [0.1, 0.15) is 0 Å². The van der Waals surface area contributed by atoms with Crippen LogP contribution in [-0.2, 0) is 0 Å². The molecule has 0 spiro atoms. The highest BCUT2D eigenvalue weighted by Crippen LogP contribution is 2.19. The van der Waals surface area contributed by atoms with E-state index in [4.69, 9.17) is 0 Å². The number of rotatable bonds is 1. The highest BCUT2D eigenvalue weighted by molar-refractivity contribution is 5.15. The molecule has 5 heteroatoms. The lowest BCUT2D eigenvalue weighted by atomic mass is 10.1. The van der Waals surface area contributed by atoms with E-state index in [2.05, 4.69) is 27.2 Å². The van der Waals surface area contributed by atoms with Crippen LogP contribution in [0.4, 0.5) is 0 Å². The van der Waals surface area contributed by atoms with Crippen molar-refractivity contribution in [3.8, 4) is 0 Å². The molecule has 1 saturated heterocycles. The van der Waals surface area contributed by atoms with Gasteiger partial charge in [-0.15, -0.1) is 0 Å². The summed E-state index contributed by atoms with van der Waals surface area (Å²) in [5.41, 5.74) is 1.83. The van der Waals surface area contributed by atoms with Crippen molar-refractivity contribution in [2.75, 3.05) is 26.7 Å². The highest BCUT2D eigenvalue weighted by atomic mass is 16.1. The average Bonchev–Trinajstić information content (AvgIpc) is 2.46. The van der Waals surface area contributed by atoms with Gasteiger partial charge in [-0.2, -0.15) is 0 Å². The number of aromatic amines is 2. The van der Waals surface area contributed by atoms with Crippen LogP contribution in [0.15, 0.2) is 4.79 Å². The summed E-state index contributed by atoms with van der Waals surface area (Å²) in [5.74, 6) is 0. The van der Waals surface area contributed by atoms with Gasteiger partial charge in [0.25, 0.3) is 0 Å². The second kappa shape index (κ2) is 3.59. The first-order valence-electron chi connectivity index (χ1n) is 4.88. The predicted octanol–water partition coefficient (Wildman–Crippen LogP) is -0.412. The molecule has 14 heavy (non-hydrogen) atoms. The van der Waals surface area contributed by atoms with Crippen molar-refractivity contribution in [1.29, 1.82) is 0 Å². The highest BCUT2D eigenvalue weighted by Gasteiger charge is 2.23. The largest absolute Gasteiger partial charge is 0.323 e. The number of likely N-dealkylation sites (N-methyl/N-ethyl adjacent to an activating group) is 1. The summed E-state index contributed by atoms with van der Waals surface area (Å²) in [6.07, 6.45) is 0. The molecule has 0 aliphatic carbocycles. The van der Waals surface area contributed by atoms with Crippen molar-refractivity contribution < 1.29 is 0 Å². The van der Waals surface area contributed by atoms with E-state index in [1.165, 1.54) is 0 Å². The Hall–Kier alpha value is -1.07. The van der Waals surface area contributed by atoms with Crippen LogP contribution in [0.1, 0.15) is 17.4 Å². The summed E-state index contributed by atoms with van der Waals surface area (Å²) in [6, 6.07) is 0.280. The Bertz CT molecular complexity index is 367. The van der Waals surface area contributed by atoms with Crippen molar-refractivity contribution >= 4 is 0 Å². The van der Waals surface area contributed by atoms with Gasteiger partial charge < -0.3 is 15.3 Å². The number of aromatic nitrogens is 2. The third-order valence-corrected chi connectivity index (χ3v) is 2.80. The molecular weight excluding hydrogens is 180 g/mol. The van der Waals surface area contributed by atoms with E-state index in [9.17, 15) is 4.79 Å². The summed E-state index contributed by atoms with van der Waals surface area (Å²) in [6.45, 7) is 4.85. The van der Waals surface area contributed by atoms with Crippen molar-refractivity contribution in [2.24, 2.45) is 0 Å². The Kier molecular flexibility index (Phi) is 2.43. The van der Waals surface area contributed by atoms with E-state index in [1.54, 1.807) is 0 Å². The van der Waals surface area contributed by atoms with E-state index < -0.39 is 0 Å². The summed E-state index contributed by atoms with van der Waals surface area (Å²) >= 11 is 0. The maximum absolute atomic E-state index is 11.1. The fourth-order valence-electron chi connectivity index (χ4n) is 1.95. The average molecular weight is 196 g/mol. The van der Waals surface area contributed by atoms with Gasteiger partial charge in [-0.05, 0) is 14.0 Å². The zero-order valence-corrected chi connectivity index (χ0v) is 8.55. The lowest BCUT2D eigenvalue weighted by Gasteiger charge is -2.32. The molecule has 0 aromatic carbocycles. The molecule has 1 atom stereocenters. The van der Waals surface area contributed by atoms with E-state index in [-0.39, 0.29) is 11.7 Å². The maximum atomic E-state index is 11.1. The standard InChI is InChI=1S/C9H16N4O/c1-6-8(12-9(14)11-6)7-5-10-3-4-13(7)2/h7,10H,3-5H2,1-2H3,(H2,11,12,14). The molecule has 2 heterocycles. The number of nitrogens with one attached hydrogen (secondary N) is 3. The van der Waals surface area contributed by atoms with Gasteiger partial charge in [-0.25, -0.2) is 4.79 Å². The van der Waals surface area contributed by atoms with Gasteiger partial charge >= 0.3 is 5.69 Å². The van der Waals surface area contributed by atoms with Gasteiger partial charge in [0, 0.05) is 25.3 Å². The van der Waals surface area contributed by atoms with Crippen LogP contribution in [0.5, 0.6) is 0 Å². The van der Waals surface area contributed by atoms with Gasteiger partial charge in [0.2, 0.25) is 0 Å².